The highest BCUT2D eigenvalue weighted by atomic mass is 32.3. The van der Waals surface area contributed by atoms with Gasteiger partial charge in [0.1, 0.15) is 24.4 Å². The number of ether oxygens (including phenoxy) is 2. The van der Waals surface area contributed by atoms with Crippen molar-refractivity contribution in [3.05, 3.63) is 24.3 Å². The predicted octanol–water partition coefficient (Wildman–Crippen LogP) is 10.5. The topological polar surface area (TPSA) is 192 Å². The summed E-state index contributed by atoms with van der Waals surface area (Å²) in [5.74, 6) is -0.266. The monoisotopic (exact) mass is 904 g/mol. The molecule has 12 nitrogen and oxygen atoms in total. The molecule has 1 fully saturated rings. The number of carbonyl (C=O) groups excluding carboxylic acids is 1. The minimum Gasteiger partial charge on any atom is -0.394 e. The van der Waals surface area contributed by atoms with Crippen molar-refractivity contribution in [2.45, 2.75) is 269 Å². The molecule has 13 heteroatoms. The molecular formula is C49H93NO11S. The molecular weight excluding hydrogens is 811 g/mol. The molecule has 6 N–H and O–H groups in total. The molecule has 0 spiro atoms. The number of nitrogens with one attached hydrogen (secondary N) is 1. The molecule has 62 heavy (non-hydrogen) atoms. The summed E-state index contributed by atoms with van der Waals surface area (Å²) in [6.45, 7) is 3.40. The van der Waals surface area contributed by atoms with Crippen LogP contribution in [0.3, 0.4) is 0 Å². The van der Waals surface area contributed by atoms with Gasteiger partial charge in [0, 0.05) is 6.42 Å². The van der Waals surface area contributed by atoms with Crippen LogP contribution in [0.1, 0.15) is 226 Å². The number of carbonyl (C=O) groups is 1. The van der Waals surface area contributed by atoms with Crippen molar-refractivity contribution in [1.29, 1.82) is 0 Å². The molecule has 1 rings (SSSR count). The standard InChI is InChI=1S/C49H93NO11S/c1-3-5-7-9-11-13-15-17-19-21-23-24-26-28-30-32-34-36-38-43(52)42(41-59-49-47(55)48(61-62(56,57)58)46(54)44(40-51)60-49)50-45(53)39-37-35-33-31-29-27-25-22-20-18-16-14-12-10-8-6-4-2/h18,20,36,38,42-44,46-49,51-52,54-55H,3-17,19,21-35,37,39-41H2,1-2H3,(H,50,53)(H,56,57,58)/b20-18-,38-36+. The third kappa shape index (κ3) is 32.3. The molecule has 0 aliphatic carbocycles. The smallest absolute Gasteiger partial charge is 0.394 e. The fourth-order valence-electron chi connectivity index (χ4n) is 8.04. The summed E-state index contributed by atoms with van der Waals surface area (Å²) in [4.78, 5) is 13.1. The summed E-state index contributed by atoms with van der Waals surface area (Å²) in [6, 6.07) is -0.944. The van der Waals surface area contributed by atoms with E-state index in [-0.39, 0.29) is 18.9 Å². The predicted molar refractivity (Wildman–Crippen MR) is 250 cm³/mol. The van der Waals surface area contributed by atoms with E-state index in [1.54, 1.807) is 6.08 Å². The lowest BCUT2D eigenvalue weighted by Gasteiger charge is -2.41. The highest BCUT2D eigenvalue weighted by molar-refractivity contribution is 7.80. The van der Waals surface area contributed by atoms with Gasteiger partial charge in [-0.25, -0.2) is 4.18 Å². The van der Waals surface area contributed by atoms with E-state index < -0.39 is 59.9 Å². The molecule has 7 unspecified atom stereocenters. The number of aliphatic hydroxyl groups excluding tert-OH is 4. The van der Waals surface area contributed by atoms with Gasteiger partial charge in [-0.2, -0.15) is 8.42 Å². The Labute approximate surface area is 378 Å². The van der Waals surface area contributed by atoms with Gasteiger partial charge in [-0.3, -0.25) is 9.35 Å². The van der Waals surface area contributed by atoms with Gasteiger partial charge in [0.2, 0.25) is 5.91 Å². The van der Waals surface area contributed by atoms with Gasteiger partial charge in [0.25, 0.3) is 0 Å². The van der Waals surface area contributed by atoms with E-state index in [1.165, 1.54) is 154 Å². The summed E-state index contributed by atoms with van der Waals surface area (Å²) in [6.07, 6.45) is 37.8. The Bertz CT molecular complexity index is 1200. The van der Waals surface area contributed by atoms with Gasteiger partial charge < -0.3 is 35.2 Å². The second kappa shape index (κ2) is 39.9. The Morgan fingerprint density at radius 1 is 0.629 bits per heavy atom. The molecule has 366 valence electrons. The van der Waals surface area contributed by atoms with E-state index in [9.17, 15) is 38.2 Å². The molecule has 0 aromatic heterocycles. The molecule has 1 saturated heterocycles. The first-order chi connectivity index (χ1) is 30.0. The zero-order valence-electron chi connectivity index (χ0n) is 39.2. The molecule has 0 aromatic rings. The van der Waals surface area contributed by atoms with Crippen LogP contribution in [0.2, 0.25) is 0 Å². The summed E-state index contributed by atoms with van der Waals surface area (Å²) in [5, 5.41) is 44.8. The quantitative estimate of drug-likeness (QED) is 0.0194. The molecule has 1 aliphatic heterocycles. The maximum Gasteiger partial charge on any atom is 0.397 e. The average Bonchev–Trinajstić information content (AvgIpc) is 3.24. The molecule has 1 aliphatic rings. The lowest BCUT2D eigenvalue weighted by molar-refractivity contribution is -0.298. The number of hydrogen-bond acceptors (Lipinski definition) is 10. The Morgan fingerprint density at radius 2 is 1.03 bits per heavy atom. The first-order valence-corrected chi connectivity index (χ1v) is 26.6. The molecule has 1 amide bonds. The summed E-state index contributed by atoms with van der Waals surface area (Å²) < 4.78 is 47.7. The maximum atomic E-state index is 13.1. The maximum absolute atomic E-state index is 13.1. The molecule has 0 aromatic carbocycles. The number of unbranched alkanes of at least 4 members (excludes halogenated alkanes) is 29. The second-order valence-electron chi connectivity index (χ2n) is 17.8. The second-order valence-corrected chi connectivity index (χ2v) is 18.8. The van der Waals surface area contributed by atoms with Crippen LogP contribution in [0, 0.1) is 0 Å². The third-order valence-electron chi connectivity index (χ3n) is 12.0. The van der Waals surface area contributed by atoms with E-state index in [4.69, 9.17) is 9.47 Å². The highest BCUT2D eigenvalue weighted by Gasteiger charge is 2.48. The van der Waals surface area contributed by atoms with Crippen LogP contribution < -0.4 is 5.32 Å². The van der Waals surface area contributed by atoms with E-state index in [0.717, 1.165) is 44.9 Å². The Hall–Kier alpha value is -1.42. The average molecular weight is 904 g/mol. The minimum atomic E-state index is -5.09. The Balaban J connectivity index is 2.48. The zero-order chi connectivity index (χ0) is 45.5. The van der Waals surface area contributed by atoms with E-state index in [2.05, 4.69) is 35.5 Å². The van der Waals surface area contributed by atoms with Crippen LogP contribution in [0.5, 0.6) is 0 Å². The van der Waals surface area contributed by atoms with E-state index in [1.807, 2.05) is 6.08 Å². The fourth-order valence-corrected chi connectivity index (χ4v) is 8.55. The molecule has 0 bridgehead atoms. The normalized spacial score (nSPS) is 20.7. The van der Waals surface area contributed by atoms with Gasteiger partial charge in [-0.15, -0.1) is 0 Å². The fraction of sp³-hybridized carbons (Fsp3) is 0.898. The molecule has 0 saturated carbocycles. The lowest BCUT2D eigenvalue weighted by atomic mass is 9.99. The molecule has 1 heterocycles. The van der Waals surface area contributed by atoms with Gasteiger partial charge >= 0.3 is 10.4 Å². The number of allylic oxidation sites excluding steroid dienone is 3. The van der Waals surface area contributed by atoms with Crippen molar-refractivity contribution in [2.24, 2.45) is 0 Å². The molecule has 7 atom stereocenters. The number of aliphatic hydroxyl groups is 4. The van der Waals surface area contributed by atoms with Crippen LogP contribution in [0.4, 0.5) is 0 Å². The summed E-state index contributed by atoms with van der Waals surface area (Å²) in [7, 11) is -5.09. The van der Waals surface area contributed by atoms with Crippen LogP contribution in [0.15, 0.2) is 24.3 Å². The van der Waals surface area contributed by atoms with Crippen molar-refractivity contribution < 1.29 is 51.8 Å². The number of hydrogen-bond donors (Lipinski definition) is 6. The highest BCUT2D eigenvalue weighted by Crippen LogP contribution is 2.26. The van der Waals surface area contributed by atoms with Crippen molar-refractivity contribution >= 4 is 16.3 Å². The zero-order valence-corrected chi connectivity index (χ0v) is 40.0. The summed E-state index contributed by atoms with van der Waals surface area (Å²) >= 11 is 0. The third-order valence-corrected chi connectivity index (χ3v) is 12.4. The van der Waals surface area contributed by atoms with Crippen LogP contribution in [-0.4, -0.2) is 95.4 Å². The van der Waals surface area contributed by atoms with E-state index >= 15 is 0 Å². The SMILES string of the molecule is CCCCCCCC/C=C\CCCCCCCCCC(=O)NC(COC1OC(CO)C(O)C(OS(=O)(=O)O)C1O)C(O)/C=C/CCCCCCCCCCCCCCCCCC. The van der Waals surface area contributed by atoms with Crippen LogP contribution in [-0.2, 0) is 28.9 Å². The van der Waals surface area contributed by atoms with Crippen molar-refractivity contribution in [3.8, 4) is 0 Å². The van der Waals surface area contributed by atoms with Gasteiger partial charge in [0.15, 0.2) is 6.29 Å². The summed E-state index contributed by atoms with van der Waals surface area (Å²) in [5.41, 5.74) is 0. The van der Waals surface area contributed by atoms with Crippen LogP contribution >= 0.6 is 0 Å². The van der Waals surface area contributed by atoms with Crippen molar-refractivity contribution in [1.82, 2.24) is 5.32 Å². The van der Waals surface area contributed by atoms with Gasteiger partial charge in [0.05, 0.1) is 25.4 Å². The van der Waals surface area contributed by atoms with Crippen molar-refractivity contribution in [3.63, 3.8) is 0 Å². The largest absolute Gasteiger partial charge is 0.397 e. The minimum absolute atomic E-state index is 0.265. The lowest BCUT2D eigenvalue weighted by Crippen LogP contribution is -2.61. The first kappa shape index (κ1) is 58.6. The number of amides is 1. The van der Waals surface area contributed by atoms with Crippen molar-refractivity contribution in [2.75, 3.05) is 13.2 Å². The first-order valence-electron chi connectivity index (χ1n) is 25.2. The van der Waals surface area contributed by atoms with Gasteiger partial charge in [-0.05, 0) is 44.9 Å². The Kier molecular flexibility index (Phi) is 37.7. The Morgan fingerprint density at radius 3 is 1.45 bits per heavy atom. The number of rotatable bonds is 43. The van der Waals surface area contributed by atoms with Gasteiger partial charge in [-0.1, -0.05) is 199 Å². The molecule has 0 radical (unpaired) electrons. The van der Waals surface area contributed by atoms with E-state index in [0.29, 0.717) is 6.42 Å². The van der Waals surface area contributed by atoms with Crippen LogP contribution in [0.25, 0.3) is 0 Å².